The second-order valence-electron chi connectivity index (χ2n) is 8.05. The van der Waals surface area contributed by atoms with Gasteiger partial charge >= 0.3 is 0 Å². The molecule has 0 saturated carbocycles. The van der Waals surface area contributed by atoms with Crippen molar-refractivity contribution in [1.29, 1.82) is 0 Å². The number of nitrogens with zero attached hydrogens (tertiary/aromatic N) is 2. The Balaban J connectivity index is 1.37. The highest BCUT2D eigenvalue weighted by molar-refractivity contribution is 7.89. The number of aryl methyl sites for hydroxylation is 1. The van der Waals surface area contributed by atoms with Crippen molar-refractivity contribution in [3.05, 3.63) is 77.2 Å². The zero-order valence-corrected chi connectivity index (χ0v) is 20.2. The van der Waals surface area contributed by atoms with Crippen LogP contribution in [0.4, 0.5) is 5.13 Å². The van der Waals surface area contributed by atoms with Crippen LogP contribution in [0.25, 0.3) is 22.0 Å². The lowest BCUT2D eigenvalue weighted by Crippen LogP contribution is -2.40. The number of sulfonamides is 1. The highest BCUT2D eigenvalue weighted by Crippen LogP contribution is 2.28. The summed E-state index contributed by atoms with van der Waals surface area (Å²) in [4.78, 5) is 17.7. The molecule has 1 aromatic heterocycles. The van der Waals surface area contributed by atoms with Gasteiger partial charge in [-0.05, 0) is 41.5 Å². The second-order valence-corrected chi connectivity index (χ2v) is 10.8. The average molecular weight is 494 g/mol. The van der Waals surface area contributed by atoms with Crippen molar-refractivity contribution in [2.75, 3.05) is 31.6 Å². The van der Waals surface area contributed by atoms with Gasteiger partial charge in [-0.2, -0.15) is 4.31 Å². The van der Waals surface area contributed by atoms with Crippen LogP contribution in [0.15, 0.2) is 70.9 Å². The minimum Gasteiger partial charge on any atom is -0.379 e. The predicted octanol–water partition coefficient (Wildman–Crippen LogP) is 4.54. The highest BCUT2D eigenvalue weighted by atomic mass is 32.2. The number of fused-ring (bicyclic) bond motifs is 1. The molecule has 1 aliphatic heterocycles. The number of anilines is 1. The lowest BCUT2D eigenvalue weighted by atomic mass is 10.1. The average Bonchev–Trinajstić information content (AvgIpc) is 3.33. The van der Waals surface area contributed by atoms with E-state index in [9.17, 15) is 13.2 Å². The fraction of sp³-hybridized carbons (Fsp3) is 0.200. The minimum absolute atomic E-state index is 0.0983. The molecule has 0 spiro atoms. The van der Waals surface area contributed by atoms with Crippen LogP contribution < -0.4 is 5.32 Å². The molecule has 1 saturated heterocycles. The number of rotatable bonds is 5. The summed E-state index contributed by atoms with van der Waals surface area (Å²) in [6.07, 6.45) is 0. The Morgan fingerprint density at radius 3 is 2.59 bits per heavy atom. The van der Waals surface area contributed by atoms with Crippen molar-refractivity contribution in [3.63, 3.8) is 0 Å². The molecule has 0 unspecified atom stereocenters. The number of carbonyl (C=O) groups is 1. The van der Waals surface area contributed by atoms with E-state index in [1.54, 1.807) is 13.0 Å². The van der Waals surface area contributed by atoms with Gasteiger partial charge in [0.15, 0.2) is 5.13 Å². The smallest absolute Gasteiger partial charge is 0.257 e. The minimum atomic E-state index is -3.70. The summed E-state index contributed by atoms with van der Waals surface area (Å²) >= 11 is 1.33. The van der Waals surface area contributed by atoms with E-state index < -0.39 is 15.9 Å². The van der Waals surface area contributed by atoms with Crippen LogP contribution in [-0.2, 0) is 14.8 Å². The molecule has 1 aliphatic rings. The first-order valence-electron chi connectivity index (χ1n) is 10.9. The number of hydrogen-bond donors (Lipinski definition) is 1. The van der Waals surface area contributed by atoms with E-state index in [4.69, 9.17) is 4.74 Å². The number of ether oxygens (including phenoxy) is 1. The summed E-state index contributed by atoms with van der Waals surface area (Å²) in [5.41, 5.74) is 2.72. The monoisotopic (exact) mass is 493 g/mol. The maximum Gasteiger partial charge on any atom is 0.257 e. The Morgan fingerprint density at radius 1 is 1.03 bits per heavy atom. The fourth-order valence-electron chi connectivity index (χ4n) is 3.92. The third-order valence-corrected chi connectivity index (χ3v) is 8.48. The number of aromatic nitrogens is 1. The maximum atomic E-state index is 13.0. The number of benzene rings is 3. The molecule has 34 heavy (non-hydrogen) atoms. The zero-order chi connectivity index (χ0) is 23.7. The third-order valence-electron chi connectivity index (χ3n) is 5.83. The maximum absolute atomic E-state index is 13.0. The van der Waals surface area contributed by atoms with Crippen molar-refractivity contribution in [2.45, 2.75) is 11.8 Å². The van der Waals surface area contributed by atoms with E-state index in [0.717, 1.165) is 22.0 Å². The number of carbonyl (C=O) groups excluding carboxylic acids is 1. The Hall–Kier alpha value is -3.11. The van der Waals surface area contributed by atoms with Crippen LogP contribution in [0.5, 0.6) is 0 Å². The molecule has 1 fully saturated rings. The molecule has 7 nitrogen and oxygen atoms in total. The van der Waals surface area contributed by atoms with Gasteiger partial charge in [-0.1, -0.05) is 42.5 Å². The Kier molecular flexibility index (Phi) is 6.18. The fourth-order valence-corrected chi connectivity index (χ4v) is 6.07. The van der Waals surface area contributed by atoms with Gasteiger partial charge in [0.2, 0.25) is 10.0 Å². The van der Waals surface area contributed by atoms with Crippen molar-refractivity contribution >= 4 is 43.2 Å². The number of morpholine rings is 1. The standard InChI is InChI=1S/C25H23N3O4S2/c1-17-6-9-21(34(30,31)28-10-12-32-13-11-28)15-22(17)24(29)27-25-26-23(16-33-25)20-8-7-18-4-2-3-5-19(18)14-20/h2-9,14-16H,10-13H2,1H3,(H,26,27,29). The molecular weight excluding hydrogens is 470 g/mol. The van der Waals surface area contributed by atoms with E-state index in [2.05, 4.69) is 28.5 Å². The first-order valence-corrected chi connectivity index (χ1v) is 13.2. The van der Waals surface area contributed by atoms with Gasteiger partial charge in [-0.3, -0.25) is 10.1 Å². The molecule has 0 bridgehead atoms. The van der Waals surface area contributed by atoms with Crippen molar-refractivity contribution in [2.24, 2.45) is 0 Å². The normalized spacial score (nSPS) is 14.9. The molecule has 0 radical (unpaired) electrons. The van der Waals surface area contributed by atoms with Crippen LogP contribution in [-0.4, -0.2) is 49.9 Å². The summed E-state index contributed by atoms with van der Waals surface area (Å²) < 4.78 is 32.7. The summed E-state index contributed by atoms with van der Waals surface area (Å²) in [7, 11) is -3.70. The van der Waals surface area contributed by atoms with Crippen LogP contribution in [0.1, 0.15) is 15.9 Å². The number of hydrogen-bond acceptors (Lipinski definition) is 6. The first-order chi connectivity index (χ1) is 16.4. The molecule has 4 aromatic rings. The Bertz CT molecular complexity index is 1470. The highest BCUT2D eigenvalue weighted by Gasteiger charge is 2.27. The summed E-state index contributed by atoms with van der Waals surface area (Å²) in [6, 6.07) is 18.9. The van der Waals surface area contributed by atoms with Gasteiger partial charge in [0.1, 0.15) is 0 Å². The number of nitrogens with one attached hydrogen (secondary N) is 1. The largest absolute Gasteiger partial charge is 0.379 e. The molecule has 1 amide bonds. The summed E-state index contributed by atoms with van der Waals surface area (Å²) in [5, 5.41) is 7.44. The molecule has 5 rings (SSSR count). The Morgan fingerprint density at radius 2 is 1.79 bits per heavy atom. The van der Waals surface area contributed by atoms with Crippen LogP contribution in [0, 0.1) is 6.92 Å². The number of amides is 1. The van der Waals surface area contributed by atoms with Gasteiger partial charge in [-0.25, -0.2) is 13.4 Å². The van der Waals surface area contributed by atoms with Crippen molar-refractivity contribution in [1.82, 2.24) is 9.29 Å². The quantitative estimate of drug-likeness (QED) is 0.441. The van der Waals surface area contributed by atoms with Gasteiger partial charge < -0.3 is 4.74 Å². The lowest BCUT2D eigenvalue weighted by Gasteiger charge is -2.26. The first kappa shape index (κ1) is 22.7. The number of thiazole rings is 1. The molecule has 1 N–H and O–H groups in total. The topological polar surface area (TPSA) is 88.6 Å². The van der Waals surface area contributed by atoms with Crippen LogP contribution in [0.2, 0.25) is 0 Å². The van der Waals surface area contributed by atoms with Gasteiger partial charge in [-0.15, -0.1) is 11.3 Å². The lowest BCUT2D eigenvalue weighted by molar-refractivity contribution is 0.0730. The van der Waals surface area contributed by atoms with E-state index in [0.29, 0.717) is 42.6 Å². The van der Waals surface area contributed by atoms with E-state index >= 15 is 0 Å². The SMILES string of the molecule is Cc1ccc(S(=O)(=O)N2CCOCC2)cc1C(=O)Nc1nc(-c2ccc3ccccc3c2)cs1. The second kappa shape index (κ2) is 9.27. The molecule has 2 heterocycles. The van der Waals surface area contributed by atoms with Crippen LogP contribution >= 0.6 is 11.3 Å². The molecule has 3 aromatic carbocycles. The zero-order valence-electron chi connectivity index (χ0n) is 18.5. The Labute approximate surface area is 202 Å². The van der Waals surface area contributed by atoms with Crippen molar-refractivity contribution < 1.29 is 17.9 Å². The summed E-state index contributed by atoms with van der Waals surface area (Å²) in [5.74, 6) is -0.393. The van der Waals surface area contributed by atoms with E-state index in [1.807, 2.05) is 29.6 Å². The molecule has 174 valence electrons. The van der Waals surface area contributed by atoms with E-state index in [1.165, 1.54) is 27.8 Å². The predicted molar refractivity (Wildman–Crippen MR) is 134 cm³/mol. The molecule has 0 aliphatic carbocycles. The van der Waals surface area contributed by atoms with Crippen molar-refractivity contribution in [3.8, 4) is 11.3 Å². The van der Waals surface area contributed by atoms with Gasteiger partial charge in [0, 0.05) is 29.6 Å². The van der Waals surface area contributed by atoms with Gasteiger partial charge in [0.05, 0.1) is 23.8 Å². The van der Waals surface area contributed by atoms with Gasteiger partial charge in [0.25, 0.3) is 5.91 Å². The summed E-state index contributed by atoms with van der Waals surface area (Å²) in [6.45, 7) is 3.11. The van der Waals surface area contributed by atoms with Crippen LogP contribution in [0.3, 0.4) is 0 Å². The molecular formula is C25H23N3O4S2. The van der Waals surface area contributed by atoms with E-state index in [-0.39, 0.29) is 4.90 Å². The molecule has 0 atom stereocenters. The molecule has 9 heteroatoms. The third kappa shape index (κ3) is 4.47.